The van der Waals surface area contributed by atoms with Gasteiger partial charge in [-0.3, -0.25) is 9.59 Å². The number of amides is 2. The third kappa shape index (κ3) is 4.55. The van der Waals surface area contributed by atoms with Crippen molar-refractivity contribution >= 4 is 34.8 Å². The van der Waals surface area contributed by atoms with Gasteiger partial charge in [0, 0.05) is 6.07 Å². The molecule has 3 rings (SSSR count). The van der Waals surface area contributed by atoms with Crippen LogP contribution >= 0.6 is 11.6 Å². The Labute approximate surface area is 167 Å². The molecule has 1 heterocycles. The minimum atomic E-state index is -0.404. The number of fused-ring (bicyclic) bond motifs is 1. The first kappa shape index (κ1) is 19.6. The summed E-state index contributed by atoms with van der Waals surface area (Å²) in [6.07, 6.45) is 2.50. The quantitative estimate of drug-likeness (QED) is 0.693. The summed E-state index contributed by atoms with van der Waals surface area (Å²) in [6.45, 7) is 3.38. The third-order valence-electron chi connectivity index (χ3n) is 3.94. The van der Waals surface area contributed by atoms with Crippen molar-refractivity contribution in [3.05, 3.63) is 53.6 Å². The molecule has 1 aliphatic rings. The zero-order chi connectivity index (χ0) is 20.1. The zero-order valence-corrected chi connectivity index (χ0v) is 16.0. The Morgan fingerprint density at radius 3 is 2.93 bits per heavy atom. The van der Waals surface area contributed by atoms with E-state index in [4.69, 9.17) is 25.8 Å². The van der Waals surface area contributed by atoms with E-state index < -0.39 is 5.91 Å². The molecule has 8 heteroatoms. The van der Waals surface area contributed by atoms with E-state index >= 15 is 0 Å². The average molecular weight is 403 g/mol. The van der Waals surface area contributed by atoms with Gasteiger partial charge in [0.15, 0.2) is 24.7 Å². The van der Waals surface area contributed by atoms with Crippen LogP contribution in [0.2, 0.25) is 5.02 Å². The van der Waals surface area contributed by atoms with E-state index in [0.717, 1.165) is 5.56 Å². The molecule has 0 bridgehead atoms. The Balaban J connectivity index is 1.65. The monoisotopic (exact) mass is 402 g/mol. The zero-order valence-electron chi connectivity index (χ0n) is 15.2. The molecule has 146 valence electrons. The van der Waals surface area contributed by atoms with Crippen LogP contribution < -0.4 is 24.8 Å². The molecule has 7 nitrogen and oxygen atoms in total. The van der Waals surface area contributed by atoms with Crippen LogP contribution in [0.5, 0.6) is 17.2 Å². The van der Waals surface area contributed by atoms with E-state index in [0.29, 0.717) is 35.0 Å². The molecule has 0 unspecified atom stereocenters. The van der Waals surface area contributed by atoms with Crippen LogP contribution in [0.3, 0.4) is 0 Å². The number of nitrogens with one attached hydrogen (secondary N) is 2. The number of methoxy groups -OCH3 is 1. The summed E-state index contributed by atoms with van der Waals surface area (Å²) in [5.74, 6) is 0.747. The Kier molecular flexibility index (Phi) is 6.06. The SMILES string of the molecule is C=CCc1ccc(OCC(=O)Nc2cc3c(cc2Cl)NC(=O)CO3)c(OC)c1. The van der Waals surface area contributed by atoms with Crippen molar-refractivity contribution in [2.45, 2.75) is 6.42 Å². The molecule has 1 aliphatic heterocycles. The van der Waals surface area contributed by atoms with E-state index in [9.17, 15) is 9.59 Å². The Bertz CT molecular complexity index is 929. The summed E-state index contributed by atoms with van der Waals surface area (Å²) in [5.41, 5.74) is 1.84. The lowest BCUT2D eigenvalue weighted by Gasteiger charge is -2.19. The van der Waals surface area contributed by atoms with Crippen molar-refractivity contribution in [3.63, 3.8) is 0 Å². The first-order valence-electron chi connectivity index (χ1n) is 8.47. The average Bonchev–Trinajstić information content (AvgIpc) is 2.68. The van der Waals surface area contributed by atoms with Gasteiger partial charge in [-0.2, -0.15) is 0 Å². The first-order chi connectivity index (χ1) is 13.5. The summed E-state index contributed by atoms with van der Waals surface area (Å²) < 4.78 is 16.2. The van der Waals surface area contributed by atoms with Gasteiger partial charge >= 0.3 is 0 Å². The molecule has 0 saturated carbocycles. The van der Waals surface area contributed by atoms with E-state index in [1.54, 1.807) is 18.2 Å². The van der Waals surface area contributed by atoms with Crippen molar-refractivity contribution in [3.8, 4) is 17.2 Å². The van der Waals surface area contributed by atoms with E-state index in [-0.39, 0.29) is 24.1 Å². The Hall–Kier alpha value is -3.19. The maximum absolute atomic E-state index is 12.3. The molecule has 2 aromatic carbocycles. The molecule has 28 heavy (non-hydrogen) atoms. The largest absolute Gasteiger partial charge is 0.493 e. The van der Waals surface area contributed by atoms with E-state index in [1.165, 1.54) is 13.2 Å². The second-order valence-corrected chi connectivity index (χ2v) is 6.39. The maximum atomic E-state index is 12.3. The van der Waals surface area contributed by atoms with Gasteiger partial charge in [0.05, 0.1) is 23.5 Å². The van der Waals surface area contributed by atoms with Gasteiger partial charge in [-0.1, -0.05) is 23.7 Å². The fourth-order valence-electron chi connectivity index (χ4n) is 2.65. The summed E-state index contributed by atoms with van der Waals surface area (Å²) in [6, 6.07) is 8.53. The minimum Gasteiger partial charge on any atom is -0.493 e. The number of benzene rings is 2. The second-order valence-electron chi connectivity index (χ2n) is 5.98. The van der Waals surface area contributed by atoms with Crippen LogP contribution in [0.1, 0.15) is 5.56 Å². The molecule has 2 amide bonds. The number of carbonyl (C=O) groups is 2. The van der Waals surface area contributed by atoms with Crippen LogP contribution in [-0.4, -0.2) is 32.1 Å². The van der Waals surface area contributed by atoms with Gasteiger partial charge in [-0.15, -0.1) is 6.58 Å². The maximum Gasteiger partial charge on any atom is 0.262 e. The Morgan fingerprint density at radius 1 is 1.36 bits per heavy atom. The molecule has 0 fully saturated rings. The fraction of sp³-hybridized carbons (Fsp3) is 0.200. The Morgan fingerprint density at radius 2 is 2.18 bits per heavy atom. The second kappa shape index (κ2) is 8.67. The van der Waals surface area contributed by atoms with Crippen LogP contribution in [0.15, 0.2) is 43.0 Å². The number of halogens is 1. The van der Waals surface area contributed by atoms with Crippen LogP contribution in [0.25, 0.3) is 0 Å². The smallest absolute Gasteiger partial charge is 0.262 e. The van der Waals surface area contributed by atoms with Gasteiger partial charge in [-0.05, 0) is 30.2 Å². The summed E-state index contributed by atoms with van der Waals surface area (Å²) in [7, 11) is 1.53. The predicted octanol–water partition coefficient (Wildman–Crippen LogP) is 3.43. The predicted molar refractivity (Wildman–Crippen MR) is 107 cm³/mol. The lowest BCUT2D eigenvalue weighted by atomic mass is 10.1. The molecular weight excluding hydrogens is 384 g/mol. The van der Waals surface area contributed by atoms with Crippen LogP contribution in [0.4, 0.5) is 11.4 Å². The van der Waals surface area contributed by atoms with Crippen molar-refractivity contribution in [2.75, 3.05) is 31.0 Å². The van der Waals surface area contributed by atoms with Crippen molar-refractivity contribution in [1.82, 2.24) is 0 Å². The molecule has 2 aromatic rings. The van der Waals surface area contributed by atoms with Gasteiger partial charge in [-0.25, -0.2) is 0 Å². The molecule has 2 N–H and O–H groups in total. The minimum absolute atomic E-state index is 0.0905. The fourth-order valence-corrected chi connectivity index (χ4v) is 2.86. The molecule has 0 radical (unpaired) electrons. The number of hydrogen-bond donors (Lipinski definition) is 2. The number of rotatable bonds is 7. The number of carbonyl (C=O) groups excluding carboxylic acids is 2. The standard InChI is InChI=1S/C20H19ClN2O5/c1-3-4-12-5-6-16(18(7-12)26-2)27-10-19(24)22-14-9-17-15(8-13(14)21)23-20(25)11-28-17/h3,5-9H,1,4,10-11H2,2H3,(H,22,24)(H,23,25). The summed E-state index contributed by atoms with van der Waals surface area (Å²) >= 11 is 6.17. The highest BCUT2D eigenvalue weighted by Crippen LogP contribution is 2.36. The molecule has 0 atom stereocenters. The normalized spacial score (nSPS) is 12.3. The first-order valence-corrected chi connectivity index (χ1v) is 8.84. The molecule has 0 spiro atoms. The van der Waals surface area contributed by atoms with E-state index in [2.05, 4.69) is 17.2 Å². The summed E-state index contributed by atoms with van der Waals surface area (Å²) in [5, 5.41) is 5.58. The van der Waals surface area contributed by atoms with Crippen LogP contribution in [-0.2, 0) is 16.0 Å². The van der Waals surface area contributed by atoms with Crippen molar-refractivity contribution in [2.24, 2.45) is 0 Å². The third-order valence-corrected chi connectivity index (χ3v) is 4.26. The van der Waals surface area contributed by atoms with Gasteiger partial charge in [0.1, 0.15) is 5.75 Å². The number of allylic oxidation sites excluding steroid dienone is 1. The van der Waals surface area contributed by atoms with Gasteiger partial charge in [0.25, 0.3) is 11.8 Å². The van der Waals surface area contributed by atoms with Gasteiger partial charge < -0.3 is 24.8 Å². The van der Waals surface area contributed by atoms with Crippen molar-refractivity contribution < 1.29 is 23.8 Å². The highest BCUT2D eigenvalue weighted by Gasteiger charge is 2.19. The number of hydrogen-bond acceptors (Lipinski definition) is 5. The lowest BCUT2D eigenvalue weighted by molar-refractivity contribution is -0.119. The summed E-state index contributed by atoms with van der Waals surface area (Å²) in [4.78, 5) is 23.6. The van der Waals surface area contributed by atoms with Gasteiger partial charge in [0.2, 0.25) is 0 Å². The highest BCUT2D eigenvalue weighted by atomic mass is 35.5. The molecular formula is C20H19ClN2O5. The number of anilines is 2. The topological polar surface area (TPSA) is 85.9 Å². The lowest BCUT2D eigenvalue weighted by Crippen LogP contribution is -2.26. The van der Waals surface area contributed by atoms with Crippen LogP contribution in [0, 0.1) is 0 Å². The van der Waals surface area contributed by atoms with Crippen molar-refractivity contribution in [1.29, 1.82) is 0 Å². The molecule has 0 aliphatic carbocycles. The highest BCUT2D eigenvalue weighted by molar-refractivity contribution is 6.34. The molecule has 0 aromatic heterocycles. The molecule has 0 saturated heterocycles. The number of ether oxygens (including phenoxy) is 3. The van der Waals surface area contributed by atoms with E-state index in [1.807, 2.05) is 12.1 Å².